The highest BCUT2D eigenvalue weighted by molar-refractivity contribution is 5.28. The summed E-state index contributed by atoms with van der Waals surface area (Å²) in [5.41, 5.74) is 5.58. The largest absolute Gasteiger partial charge is 0.378 e. The lowest BCUT2D eigenvalue weighted by molar-refractivity contribution is 0.0307. The molecular weight excluding hydrogens is 236 g/mol. The maximum atomic E-state index is 5.73. The maximum absolute atomic E-state index is 5.73. The van der Waals surface area contributed by atoms with Gasteiger partial charge in [-0.2, -0.15) is 4.98 Å². The van der Waals surface area contributed by atoms with E-state index in [-0.39, 0.29) is 12.2 Å². The van der Waals surface area contributed by atoms with Crippen molar-refractivity contribution in [3.8, 4) is 0 Å². The fraction of sp³-hybridized carbons (Fsp3) is 0.818. The lowest BCUT2D eigenvalue weighted by Gasteiger charge is -2.24. The zero-order valence-corrected chi connectivity index (χ0v) is 10.2. The van der Waals surface area contributed by atoms with Crippen LogP contribution >= 0.6 is 0 Å². The molecule has 7 heteroatoms. The van der Waals surface area contributed by atoms with Crippen LogP contribution in [-0.4, -0.2) is 49.1 Å². The molecule has 0 spiro atoms. The summed E-state index contributed by atoms with van der Waals surface area (Å²) in [6, 6.07) is 0. The molecule has 18 heavy (non-hydrogen) atoms. The van der Waals surface area contributed by atoms with Gasteiger partial charge < -0.3 is 24.6 Å². The molecule has 0 amide bonds. The highest BCUT2D eigenvalue weighted by Crippen LogP contribution is 2.32. The van der Waals surface area contributed by atoms with Crippen LogP contribution in [0.2, 0.25) is 0 Å². The van der Waals surface area contributed by atoms with Crippen molar-refractivity contribution in [2.45, 2.75) is 25.0 Å². The van der Waals surface area contributed by atoms with Crippen LogP contribution in [0.4, 0.5) is 5.95 Å². The quantitative estimate of drug-likeness (QED) is 0.817. The fourth-order valence-electron chi connectivity index (χ4n) is 2.31. The number of rotatable bonds is 3. The summed E-state index contributed by atoms with van der Waals surface area (Å²) in [5.74, 6) is 1.19. The topological polar surface area (TPSA) is 86.6 Å². The highest BCUT2D eigenvalue weighted by Gasteiger charge is 2.30. The molecular formula is C11H18N4O3. The Morgan fingerprint density at radius 2 is 2.11 bits per heavy atom. The van der Waals surface area contributed by atoms with Gasteiger partial charge in [0.25, 0.3) is 11.8 Å². The Morgan fingerprint density at radius 1 is 1.28 bits per heavy atom. The molecule has 0 saturated carbocycles. The number of ether oxygens (including phenoxy) is 2. The van der Waals surface area contributed by atoms with Crippen LogP contribution < -0.4 is 10.6 Å². The van der Waals surface area contributed by atoms with Crippen molar-refractivity contribution in [1.29, 1.82) is 0 Å². The SMILES string of the molecule is NCC1CCC(c2nc(N3CCOCC3)no2)O1. The van der Waals surface area contributed by atoms with Gasteiger partial charge in [0.05, 0.1) is 19.3 Å². The van der Waals surface area contributed by atoms with E-state index < -0.39 is 0 Å². The van der Waals surface area contributed by atoms with E-state index in [2.05, 4.69) is 15.0 Å². The Bertz CT molecular complexity index is 391. The first-order valence-corrected chi connectivity index (χ1v) is 6.38. The van der Waals surface area contributed by atoms with Crippen molar-refractivity contribution in [1.82, 2.24) is 10.1 Å². The lowest BCUT2D eigenvalue weighted by Crippen LogP contribution is -2.36. The first-order valence-electron chi connectivity index (χ1n) is 6.38. The Balaban J connectivity index is 1.66. The minimum atomic E-state index is -0.0964. The summed E-state index contributed by atoms with van der Waals surface area (Å²) < 4.78 is 16.3. The van der Waals surface area contributed by atoms with Crippen LogP contribution in [0.25, 0.3) is 0 Å². The molecule has 7 nitrogen and oxygen atoms in total. The second kappa shape index (κ2) is 5.21. The molecule has 0 aliphatic carbocycles. The fourth-order valence-corrected chi connectivity index (χ4v) is 2.31. The van der Waals surface area contributed by atoms with Gasteiger partial charge in [0, 0.05) is 19.6 Å². The molecule has 2 fully saturated rings. The molecule has 0 radical (unpaired) electrons. The molecule has 2 aliphatic heterocycles. The molecule has 2 saturated heterocycles. The monoisotopic (exact) mass is 254 g/mol. The second-order valence-corrected chi connectivity index (χ2v) is 4.59. The lowest BCUT2D eigenvalue weighted by atomic mass is 10.2. The van der Waals surface area contributed by atoms with Gasteiger partial charge in [0.1, 0.15) is 6.10 Å². The van der Waals surface area contributed by atoms with Crippen LogP contribution in [0.15, 0.2) is 4.52 Å². The molecule has 1 aromatic heterocycles. The summed E-state index contributed by atoms with van der Waals surface area (Å²) in [5, 5.41) is 4.01. The zero-order valence-electron chi connectivity index (χ0n) is 10.2. The number of hydrogen-bond donors (Lipinski definition) is 1. The Hall–Kier alpha value is -1.18. The molecule has 1 aromatic rings. The third kappa shape index (κ3) is 2.33. The van der Waals surface area contributed by atoms with Crippen molar-refractivity contribution in [2.75, 3.05) is 37.7 Å². The van der Waals surface area contributed by atoms with Crippen molar-refractivity contribution in [2.24, 2.45) is 5.73 Å². The molecule has 2 aliphatic rings. The van der Waals surface area contributed by atoms with E-state index in [4.69, 9.17) is 19.7 Å². The van der Waals surface area contributed by atoms with Gasteiger partial charge in [-0.15, -0.1) is 0 Å². The first-order chi connectivity index (χ1) is 8.86. The molecule has 2 atom stereocenters. The number of morpholine rings is 1. The van der Waals surface area contributed by atoms with Crippen molar-refractivity contribution >= 4 is 5.95 Å². The number of hydrogen-bond acceptors (Lipinski definition) is 7. The minimum absolute atomic E-state index is 0.0964. The predicted molar refractivity (Wildman–Crippen MR) is 63.2 cm³/mol. The van der Waals surface area contributed by atoms with Crippen LogP contribution in [0.1, 0.15) is 24.8 Å². The van der Waals surface area contributed by atoms with Gasteiger partial charge in [0.2, 0.25) is 0 Å². The summed E-state index contributed by atoms with van der Waals surface area (Å²) >= 11 is 0. The Morgan fingerprint density at radius 3 is 2.83 bits per heavy atom. The van der Waals surface area contributed by atoms with Gasteiger partial charge >= 0.3 is 0 Å². The standard InChI is InChI=1S/C11H18N4O3/c12-7-8-1-2-9(17-8)10-13-11(14-18-10)15-3-5-16-6-4-15/h8-9H,1-7,12H2. The van der Waals surface area contributed by atoms with Gasteiger partial charge in [-0.25, -0.2) is 0 Å². The number of nitrogens with two attached hydrogens (primary N) is 1. The third-order valence-corrected chi connectivity index (χ3v) is 3.37. The molecule has 3 heterocycles. The number of anilines is 1. The first kappa shape index (κ1) is 11.9. The summed E-state index contributed by atoms with van der Waals surface area (Å²) in [7, 11) is 0. The second-order valence-electron chi connectivity index (χ2n) is 4.59. The third-order valence-electron chi connectivity index (χ3n) is 3.37. The summed E-state index contributed by atoms with van der Waals surface area (Å²) in [4.78, 5) is 6.47. The molecule has 3 rings (SSSR count). The summed E-state index contributed by atoms with van der Waals surface area (Å²) in [6.07, 6.45) is 1.87. The van der Waals surface area contributed by atoms with Crippen molar-refractivity contribution < 1.29 is 14.0 Å². The van der Waals surface area contributed by atoms with Gasteiger partial charge in [-0.05, 0) is 18.0 Å². The zero-order chi connectivity index (χ0) is 12.4. The smallest absolute Gasteiger partial charge is 0.266 e. The minimum Gasteiger partial charge on any atom is -0.378 e. The van der Waals surface area contributed by atoms with E-state index in [9.17, 15) is 0 Å². The number of nitrogens with zero attached hydrogens (tertiary/aromatic N) is 3. The van der Waals surface area contributed by atoms with Crippen LogP contribution in [0, 0.1) is 0 Å². The normalized spacial score (nSPS) is 28.8. The molecule has 0 bridgehead atoms. The van der Waals surface area contributed by atoms with Crippen LogP contribution in [-0.2, 0) is 9.47 Å². The van der Waals surface area contributed by atoms with Crippen LogP contribution in [0.3, 0.4) is 0 Å². The summed E-state index contributed by atoms with van der Waals surface area (Å²) in [6.45, 7) is 3.56. The Kier molecular flexibility index (Phi) is 3.44. The van der Waals surface area contributed by atoms with Crippen molar-refractivity contribution in [3.63, 3.8) is 0 Å². The van der Waals surface area contributed by atoms with Gasteiger partial charge in [-0.3, -0.25) is 0 Å². The van der Waals surface area contributed by atoms with Crippen LogP contribution in [0.5, 0.6) is 0 Å². The predicted octanol–water partition coefficient (Wildman–Crippen LogP) is 0.0850. The van der Waals surface area contributed by atoms with E-state index in [0.717, 1.165) is 25.9 Å². The van der Waals surface area contributed by atoms with E-state index in [1.54, 1.807) is 0 Å². The molecule has 2 N–H and O–H groups in total. The highest BCUT2D eigenvalue weighted by atomic mass is 16.5. The molecule has 0 aromatic carbocycles. The Labute approximate surface area is 105 Å². The van der Waals surface area contributed by atoms with Gasteiger partial charge in [0.15, 0.2) is 0 Å². The van der Waals surface area contributed by atoms with E-state index >= 15 is 0 Å². The molecule has 2 unspecified atom stereocenters. The maximum Gasteiger partial charge on any atom is 0.266 e. The molecule has 100 valence electrons. The van der Waals surface area contributed by atoms with E-state index in [1.165, 1.54) is 0 Å². The average molecular weight is 254 g/mol. The van der Waals surface area contributed by atoms with E-state index in [1.807, 2.05) is 0 Å². The van der Waals surface area contributed by atoms with Gasteiger partial charge in [-0.1, -0.05) is 0 Å². The van der Waals surface area contributed by atoms with Crippen molar-refractivity contribution in [3.05, 3.63) is 5.89 Å². The average Bonchev–Trinajstić information content (AvgIpc) is 3.08. The van der Waals surface area contributed by atoms with E-state index in [0.29, 0.717) is 31.6 Å². The number of aromatic nitrogens is 2.